The minimum atomic E-state index is -0.0510. The van der Waals surface area contributed by atoms with Gasteiger partial charge in [-0.1, -0.05) is 12.1 Å². The van der Waals surface area contributed by atoms with Crippen LogP contribution in [0.4, 0.5) is 5.69 Å². The van der Waals surface area contributed by atoms with Crippen molar-refractivity contribution in [3.05, 3.63) is 35.9 Å². The van der Waals surface area contributed by atoms with Crippen molar-refractivity contribution < 1.29 is 9.53 Å². The Hall–Kier alpha value is -1.85. The van der Waals surface area contributed by atoms with Crippen LogP contribution in [0.3, 0.4) is 0 Å². The summed E-state index contributed by atoms with van der Waals surface area (Å²) in [5.74, 6) is -0.0510. The average molecular weight is 303 g/mol. The highest BCUT2D eigenvalue weighted by atomic mass is 16.5. The molecule has 0 unspecified atom stereocenters. The third-order valence-electron chi connectivity index (χ3n) is 3.67. The fourth-order valence-corrected chi connectivity index (χ4v) is 2.28. The van der Waals surface area contributed by atoms with E-state index in [1.54, 1.807) is 6.08 Å². The summed E-state index contributed by atoms with van der Waals surface area (Å²) in [5, 5.41) is 2.91. The van der Waals surface area contributed by atoms with Gasteiger partial charge < -0.3 is 15.0 Å². The van der Waals surface area contributed by atoms with E-state index in [-0.39, 0.29) is 5.91 Å². The molecule has 5 heteroatoms. The summed E-state index contributed by atoms with van der Waals surface area (Å²) in [7, 11) is 4.01. The van der Waals surface area contributed by atoms with Crippen molar-refractivity contribution in [3.8, 4) is 0 Å². The largest absolute Gasteiger partial charge is 0.379 e. The van der Waals surface area contributed by atoms with Crippen molar-refractivity contribution in [1.82, 2.24) is 10.2 Å². The highest BCUT2D eigenvalue weighted by Gasteiger charge is 2.09. The molecule has 22 heavy (non-hydrogen) atoms. The van der Waals surface area contributed by atoms with Crippen LogP contribution in [-0.2, 0) is 9.53 Å². The zero-order valence-corrected chi connectivity index (χ0v) is 13.4. The van der Waals surface area contributed by atoms with E-state index in [0.29, 0.717) is 6.54 Å². The molecule has 1 aliphatic heterocycles. The third kappa shape index (κ3) is 5.50. The van der Waals surface area contributed by atoms with Gasteiger partial charge in [-0.2, -0.15) is 0 Å². The van der Waals surface area contributed by atoms with E-state index in [1.807, 2.05) is 49.3 Å². The fraction of sp³-hybridized carbons (Fsp3) is 0.471. The number of carbonyl (C=O) groups is 1. The second kappa shape index (κ2) is 8.56. The minimum absolute atomic E-state index is 0.0510. The van der Waals surface area contributed by atoms with Gasteiger partial charge in [-0.15, -0.1) is 0 Å². The molecule has 1 heterocycles. The smallest absolute Gasteiger partial charge is 0.244 e. The minimum Gasteiger partial charge on any atom is -0.379 e. The number of hydrogen-bond donors (Lipinski definition) is 1. The Balaban J connectivity index is 1.71. The van der Waals surface area contributed by atoms with Crippen LogP contribution in [-0.4, -0.2) is 64.3 Å². The molecule has 1 aromatic rings. The molecular weight excluding hydrogens is 278 g/mol. The van der Waals surface area contributed by atoms with Crippen molar-refractivity contribution in [2.45, 2.75) is 0 Å². The molecule has 0 atom stereocenters. The fourth-order valence-electron chi connectivity index (χ4n) is 2.28. The maximum Gasteiger partial charge on any atom is 0.244 e. The first kappa shape index (κ1) is 16.5. The van der Waals surface area contributed by atoms with Crippen LogP contribution in [0.15, 0.2) is 30.3 Å². The molecular formula is C17H25N3O2. The van der Waals surface area contributed by atoms with Gasteiger partial charge in [-0.25, -0.2) is 0 Å². The molecule has 120 valence electrons. The first-order valence-corrected chi connectivity index (χ1v) is 7.68. The number of rotatable bonds is 6. The van der Waals surface area contributed by atoms with Gasteiger partial charge in [0.2, 0.25) is 5.91 Å². The number of carbonyl (C=O) groups excluding carboxylic acids is 1. The van der Waals surface area contributed by atoms with E-state index in [1.165, 1.54) is 0 Å². The molecule has 5 nitrogen and oxygen atoms in total. The molecule has 0 bridgehead atoms. The van der Waals surface area contributed by atoms with E-state index >= 15 is 0 Å². The average Bonchev–Trinajstić information content (AvgIpc) is 2.54. The van der Waals surface area contributed by atoms with Gasteiger partial charge in [0.05, 0.1) is 13.2 Å². The predicted molar refractivity (Wildman–Crippen MR) is 90.1 cm³/mol. The van der Waals surface area contributed by atoms with E-state index in [4.69, 9.17) is 4.74 Å². The van der Waals surface area contributed by atoms with E-state index in [2.05, 4.69) is 10.2 Å². The molecule has 0 saturated carbocycles. The van der Waals surface area contributed by atoms with E-state index in [0.717, 1.165) is 44.1 Å². The lowest BCUT2D eigenvalue weighted by molar-refractivity contribution is -0.116. The monoisotopic (exact) mass is 303 g/mol. The molecule has 1 amide bonds. The molecule has 1 N–H and O–H groups in total. The molecule has 0 aromatic heterocycles. The lowest BCUT2D eigenvalue weighted by atomic mass is 10.2. The van der Waals surface area contributed by atoms with Gasteiger partial charge in [-0.05, 0) is 23.8 Å². The Morgan fingerprint density at radius 2 is 1.95 bits per heavy atom. The van der Waals surface area contributed by atoms with Crippen molar-refractivity contribution in [1.29, 1.82) is 0 Å². The molecule has 1 fully saturated rings. The van der Waals surface area contributed by atoms with Crippen LogP contribution < -0.4 is 10.2 Å². The zero-order chi connectivity index (χ0) is 15.8. The second-order valence-corrected chi connectivity index (χ2v) is 5.56. The number of morpholine rings is 1. The van der Waals surface area contributed by atoms with Gasteiger partial charge in [0, 0.05) is 52.0 Å². The van der Waals surface area contributed by atoms with Crippen LogP contribution in [0.1, 0.15) is 5.56 Å². The summed E-state index contributed by atoms with van der Waals surface area (Å²) in [5.41, 5.74) is 2.17. The number of benzene rings is 1. The molecule has 0 aliphatic carbocycles. The number of nitrogens with zero attached hydrogens (tertiary/aromatic N) is 2. The lowest BCUT2D eigenvalue weighted by Crippen LogP contribution is -2.41. The van der Waals surface area contributed by atoms with Gasteiger partial charge in [0.25, 0.3) is 0 Å². The van der Waals surface area contributed by atoms with Gasteiger partial charge >= 0.3 is 0 Å². The number of nitrogens with one attached hydrogen (secondary N) is 1. The molecule has 2 rings (SSSR count). The summed E-state index contributed by atoms with van der Waals surface area (Å²) in [4.78, 5) is 16.1. The Kier molecular flexibility index (Phi) is 6.43. The summed E-state index contributed by atoms with van der Waals surface area (Å²) >= 11 is 0. The van der Waals surface area contributed by atoms with Crippen LogP contribution in [0.2, 0.25) is 0 Å². The second-order valence-electron chi connectivity index (χ2n) is 5.56. The third-order valence-corrected chi connectivity index (χ3v) is 3.67. The molecule has 0 spiro atoms. The maximum atomic E-state index is 11.8. The molecule has 0 radical (unpaired) electrons. The van der Waals surface area contributed by atoms with E-state index < -0.39 is 0 Å². The van der Waals surface area contributed by atoms with Gasteiger partial charge in [-0.3, -0.25) is 9.69 Å². The molecule has 1 aromatic carbocycles. The lowest BCUT2D eigenvalue weighted by Gasteiger charge is -2.26. The number of hydrogen-bond acceptors (Lipinski definition) is 4. The van der Waals surface area contributed by atoms with Crippen LogP contribution in [0.25, 0.3) is 6.08 Å². The Labute approximate surface area is 132 Å². The number of anilines is 1. The Bertz CT molecular complexity index is 491. The van der Waals surface area contributed by atoms with Crippen molar-refractivity contribution >= 4 is 17.7 Å². The maximum absolute atomic E-state index is 11.8. The van der Waals surface area contributed by atoms with Gasteiger partial charge in [0.1, 0.15) is 0 Å². The van der Waals surface area contributed by atoms with E-state index in [9.17, 15) is 4.79 Å². The SMILES string of the molecule is CN(C)c1ccc(/C=C/C(=O)NCCN2CCOCC2)cc1. The van der Waals surface area contributed by atoms with Crippen LogP contribution in [0.5, 0.6) is 0 Å². The predicted octanol–water partition coefficient (Wildman–Crippen LogP) is 1.21. The first-order valence-electron chi connectivity index (χ1n) is 7.68. The molecule has 1 saturated heterocycles. The van der Waals surface area contributed by atoms with Crippen molar-refractivity contribution in [2.24, 2.45) is 0 Å². The summed E-state index contributed by atoms with van der Waals surface area (Å²) in [6.45, 7) is 5.02. The highest BCUT2D eigenvalue weighted by molar-refractivity contribution is 5.91. The first-order chi connectivity index (χ1) is 10.6. The quantitative estimate of drug-likeness (QED) is 0.803. The summed E-state index contributed by atoms with van der Waals surface area (Å²) in [6, 6.07) is 8.09. The molecule has 1 aliphatic rings. The Morgan fingerprint density at radius 3 is 2.59 bits per heavy atom. The standard InChI is InChI=1S/C17H25N3O2/c1-19(2)16-6-3-15(4-7-16)5-8-17(21)18-9-10-20-11-13-22-14-12-20/h3-8H,9-14H2,1-2H3,(H,18,21)/b8-5+. The Morgan fingerprint density at radius 1 is 1.27 bits per heavy atom. The van der Waals surface area contributed by atoms with Crippen molar-refractivity contribution in [3.63, 3.8) is 0 Å². The summed E-state index contributed by atoms with van der Waals surface area (Å²) in [6.07, 6.45) is 3.42. The van der Waals surface area contributed by atoms with Crippen LogP contribution >= 0.6 is 0 Å². The topological polar surface area (TPSA) is 44.8 Å². The highest BCUT2D eigenvalue weighted by Crippen LogP contribution is 2.12. The zero-order valence-electron chi connectivity index (χ0n) is 13.4. The summed E-state index contributed by atoms with van der Waals surface area (Å²) < 4.78 is 5.29. The van der Waals surface area contributed by atoms with Gasteiger partial charge in [0.15, 0.2) is 0 Å². The number of amides is 1. The number of ether oxygens (including phenoxy) is 1. The normalized spacial score (nSPS) is 15.9. The van der Waals surface area contributed by atoms with Crippen LogP contribution in [0, 0.1) is 0 Å². The van der Waals surface area contributed by atoms with Crippen molar-refractivity contribution in [2.75, 3.05) is 58.4 Å².